The zero-order valence-electron chi connectivity index (χ0n) is 17.0. The number of hydrogen-bond acceptors (Lipinski definition) is 6. The predicted octanol–water partition coefficient (Wildman–Crippen LogP) is 3.72. The van der Waals surface area contributed by atoms with Gasteiger partial charge in [0.1, 0.15) is 5.78 Å². The van der Waals surface area contributed by atoms with E-state index in [1.807, 2.05) is 42.5 Å². The Balaban J connectivity index is 1.40. The summed E-state index contributed by atoms with van der Waals surface area (Å²) in [5.41, 5.74) is 2.48. The van der Waals surface area contributed by atoms with Crippen molar-refractivity contribution in [2.45, 2.75) is 29.6 Å². The van der Waals surface area contributed by atoms with Gasteiger partial charge in [0.05, 0.1) is 16.0 Å². The maximum Gasteiger partial charge on any atom is 0.231 e. The van der Waals surface area contributed by atoms with Crippen LogP contribution in [0.3, 0.4) is 0 Å². The minimum absolute atomic E-state index is 0.126. The van der Waals surface area contributed by atoms with Crippen LogP contribution in [-0.4, -0.2) is 32.2 Å². The third kappa shape index (κ3) is 3.70. The Kier molecular flexibility index (Phi) is 4.59. The monoisotopic (exact) mass is 435 g/mol. The van der Waals surface area contributed by atoms with Gasteiger partial charge in [0.15, 0.2) is 21.3 Å². The summed E-state index contributed by atoms with van der Waals surface area (Å²) in [5.74, 6) is 1.51. The van der Waals surface area contributed by atoms with E-state index in [2.05, 4.69) is 4.98 Å². The molecule has 0 radical (unpaired) electrons. The van der Waals surface area contributed by atoms with Gasteiger partial charge in [-0.25, -0.2) is 8.42 Å². The SMILES string of the molecule is CS(=O)(=O)c1cccc(-c2cccc(CC(=O)C3(c4ccc5c(c4)OCO5)CC3)n2)c1. The fraction of sp³-hybridized carbons (Fsp3) is 0.250. The van der Waals surface area contributed by atoms with Crippen LogP contribution in [0.1, 0.15) is 24.1 Å². The number of benzene rings is 2. The highest BCUT2D eigenvalue weighted by atomic mass is 32.2. The number of aromatic nitrogens is 1. The van der Waals surface area contributed by atoms with Crippen molar-refractivity contribution in [1.29, 1.82) is 0 Å². The van der Waals surface area contributed by atoms with Crippen LogP contribution in [0, 0.1) is 0 Å². The van der Waals surface area contributed by atoms with Crippen molar-refractivity contribution in [2.24, 2.45) is 0 Å². The van der Waals surface area contributed by atoms with Crippen LogP contribution in [0.4, 0.5) is 0 Å². The third-order valence-corrected chi connectivity index (χ3v) is 7.03. The average molecular weight is 436 g/mol. The molecule has 2 aliphatic rings. The van der Waals surface area contributed by atoms with E-state index < -0.39 is 15.3 Å². The molecule has 6 nitrogen and oxygen atoms in total. The molecule has 0 atom stereocenters. The van der Waals surface area contributed by atoms with Crippen molar-refractivity contribution in [3.05, 3.63) is 71.9 Å². The number of ketones is 1. The molecule has 0 N–H and O–H groups in total. The van der Waals surface area contributed by atoms with Gasteiger partial charge in [-0.2, -0.15) is 0 Å². The van der Waals surface area contributed by atoms with Crippen LogP contribution in [0.15, 0.2) is 65.6 Å². The molecule has 0 amide bonds. The Morgan fingerprint density at radius 3 is 2.55 bits per heavy atom. The number of fused-ring (bicyclic) bond motifs is 1. The van der Waals surface area contributed by atoms with Gasteiger partial charge >= 0.3 is 0 Å². The molecule has 0 spiro atoms. The van der Waals surface area contributed by atoms with Gasteiger partial charge in [0.25, 0.3) is 0 Å². The van der Waals surface area contributed by atoms with E-state index in [1.165, 1.54) is 6.26 Å². The van der Waals surface area contributed by atoms with Crippen molar-refractivity contribution >= 4 is 15.6 Å². The van der Waals surface area contributed by atoms with Crippen molar-refractivity contribution in [1.82, 2.24) is 4.98 Å². The van der Waals surface area contributed by atoms with Crippen LogP contribution in [0.25, 0.3) is 11.3 Å². The highest BCUT2D eigenvalue weighted by molar-refractivity contribution is 7.90. The Labute approximate surface area is 180 Å². The first-order valence-corrected chi connectivity index (χ1v) is 11.9. The van der Waals surface area contributed by atoms with E-state index >= 15 is 0 Å². The normalized spacial score (nSPS) is 16.2. The smallest absolute Gasteiger partial charge is 0.231 e. The van der Waals surface area contributed by atoms with E-state index in [4.69, 9.17) is 9.47 Å². The van der Waals surface area contributed by atoms with Gasteiger partial charge in [0.2, 0.25) is 6.79 Å². The van der Waals surface area contributed by atoms with Gasteiger partial charge in [-0.15, -0.1) is 0 Å². The van der Waals surface area contributed by atoms with Crippen LogP contribution in [-0.2, 0) is 26.5 Å². The molecule has 0 unspecified atom stereocenters. The molecule has 3 aromatic rings. The molecule has 1 aliphatic heterocycles. The van der Waals surface area contributed by atoms with Crippen LogP contribution < -0.4 is 9.47 Å². The number of carbonyl (C=O) groups is 1. The maximum atomic E-state index is 13.2. The maximum absolute atomic E-state index is 13.2. The molecule has 1 aromatic heterocycles. The lowest BCUT2D eigenvalue weighted by Crippen LogP contribution is -2.23. The summed E-state index contributed by atoms with van der Waals surface area (Å²) in [6.07, 6.45) is 3.01. The van der Waals surface area contributed by atoms with Crippen molar-refractivity contribution in [3.63, 3.8) is 0 Å². The number of rotatable bonds is 6. The first-order valence-electron chi connectivity index (χ1n) is 10.1. The lowest BCUT2D eigenvalue weighted by atomic mass is 9.88. The van der Waals surface area contributed by atoms with Crippen LogP contribution >= 0.6 is 0 Å². The number of sulfone groups is 1. The summed E-state index contributed by atoms with van der Waals surface area (Å²) in [6.45, 7) is 0.205. The minimum atomic E-state index is -3.31. The first kappa shape index (κ1) is 19.8. The highest BCUT2D eigenvalue weighted by Crippen LogP contribution is 2.51. The predicted molar refractivity (Wildman–Crippen MR) is 115 cm³/mol. The summed E-state index contributed by atoms with van der Waals surface area (Å²) in [6, 6.07) is 17.9. The van der Waals surface area contributed by atoms with E-state index in [-0.39, 0.29) is 23.9 Å². The number of ether oxygens (including phenoxy) is 2. The summed E-state index contributed by atoms with van der Waals surface area (Å²) >= 11 is 0. The van der Waals surface area contributed by atoms with Crippen molar-refractivity contribution in [3.8, 4) is 22.8 Å². The number of nitrogens with zero attached hydrogens (tertiary/aromatic N) is 1. The largest absolute Gasteiger partial charge is 0.454 e. The van der Waals surface area contributed by atoms with Gasteiger partial charge in [0, 0.05) is 23.9 Å². The molecule has 31 heavy (non-hydrogen) atoms. The Morgan fingerprint density at radius 1 is 1.00 bits per heavy atom. The summed E-state index contributed by atoms with van der Waals surface area (Å²) in [5, 5.41) is 0. The van der Waals surface area contributed by atoms with Gasteiger partial charge < -0.3 is 9.47 Å². The fourth-order valence-corrected chi connectivity index (χ4v) is 4.67. The standard InChI is InChI=1S/C24H21NO5S/c1-31(27,28)19-6-2-4-16(12-19)20-7-3-5-18(25-20)14-23(26)24(10-11-24)17-8-9-21-22(13-17)30-15-29-21/h2-9,12-13H,10-11,14-15H2,1H3. The molecule has 5 rings (SSSR count). The Hall–Kier alpha value is -3.19. The average Bonchev–Trinajstić information content (AvgIpc) is 3.44. The number of hydrogen-bond donors (Lipinski definition) is 0. The van der Waals surface area contributed by atoms with Crippen molar-refractivity contribution in [2.75, 3.05) is 13.0 Å². The zero-order chi connectivity index (χ0) is 21.6. The minimum Gasteiger partial charge on any atom is -0.454 e. The van der Waals surface area contributed by atoms with Crippen LogP contribution in [0.5, 0.6) is 11.5 Å². The highest BCUT2D eigenvalue weighted by Gasteiger charge is 2.50. The molecule has 7 heteroatoms. The molecule has 2 aromatic carbocycles. The van der Waals surface area contributed by atoms with Crippen molar-refractivity contribution < 1.29 is 22.7 Å². The lowest BCUT2D eigenvalue weighted by Gasteiger charge is -2.15. The quantitative estimate of drug-likeness (QED) is 0.587. The van der Waals surface area contributed by atoms with Gasteiger partial charge in [-0.1, -0.05) is 24.3 Å². The molecule has 158 valence electrons. The molecule has 2 heterocycles. The van der Waals surface area contributed by atoms with E-state index in [0.717, 1.165) is 18.4 Å². The number of Topliss-reactive ketones (excluding diaryl/α,β-unsaturated/α-hetero) is 1. The summed E-state index contributed by atoms with van der Waals surface area (Å²) in [4.78, 5) is 18.1. The zero-order valence-corrected chi connectivity index (χ0v) is 17.8. The Morgan fingerprint density at radius 2 is 1.77 bits per heavy atom. The second-order valence-corrected chi connectivity index (χ2v) is 10.1. The third-order valence-electron chi connectivity index (χ3n) is 5.92. The number of carbonyl (C=O) groups excluding carboxylic acids is 1. The molecular formula is C24H21NO5S. The van der Waals surface area contributed by atoms with E-state index in [9.17, 15) is 13.2 Å². The lowest BCUT2D eigenvalue weighted by molar-refractivity contribution is -0.120. The topological polar surface area (TPSA) is 82.6 Å². The van der Waals surface area contributed by atoms with Crippen LogP contribution in [0.2, 0.25) is 0 Å². The molecular weight excluding hydrogens is 414 g/mol. The first-order chi connectivity index (χ1) is 14.8. The molecule has 1 saturated carbocycles. The summed E-state index contributed by atoms with van der Waals surface area (Å²) in [7, 11) is -3.31. The van der Waals surface area contributed by atoms with E-state index in [1.54, 1.807) is 18.2 Å². The molecule has 0 bridgehead atoms. The second-order valence-electron chi connectivity index (χ2n) is 8.06. The summed E-state index contributed by atoms with van der Waals surface area (Å²) < 4.78 is 34.6. The molecule has 0 saturated heterocycles. The fourth-order valence-electron chi connectivity index (χ4n) is 4.01. The van der Waals surface area contributed by atoms with E-state index in [0.29, 0.717) is 28.5 Å². The molecule has 1 fully saturated rings. The van der Waals surface area contributed by atoms with Gasteiger partial charge in [-0.05, 0) is 54.8 Å². The molecule has 1 aliphatic carbocycles. The second kappa shape index (κ2) is 7.20. The Bertz CT molecular complexity index is 1290. The van der Waals surface area contributed by atoms with Gasteiger partial charge in [-0.3, -0.25) is 9.78 Å². The number of pyridine rings is 1.